The molecule has 0 atom stereocenters. The number of hydrogen-bond donors (Lipinski definition) is 2. The largest absolute Gasteiger partial charge is 0.456 e. The predicted molar refractivity (Wildman–Crippen MR) is 74.2 cm³/mol. The fraction of sp³-hybridized carbons (Fsp3) is 0.133. The third-order valence-electron chi connectivity index (χ3n) is 2.80. The highest BCUT2D eigenvalue weighted by Gasteiger charge is 2.13. The van der Waals surface area contributed by atoms with Crippen molar-refractivity contribution in [1.29, 1.82) is 0 Å². The Kier molecular flexibility index (Phi) is 4.32. The van der Waals surface area contributed by atoms with Crippen LogP contribution in [0.1, 0.15) is 15.9 Å². The molecule has 0 saturated heterocycles. The standard InChI is InChI=1S/C15H15FN2O2/c1-18-9-11-12(16)6-4-8-14(11)20-13-7-3-2-5-10(13)15(17)19/h2-8,18H,9H2,1H3,(H2,17,19). The van der Waals surface area contributed by atoms with Crippen LogP contribution in [0.2, 0.25) is 0 Å². The molecule has 0 aliphatic carbocycles. The molecular weight excluding hydrogens is 259 g/mol. The molecule has 0 aromatic heterocycles. The number of hydrogen-bond acceptors (Lipinski definition) is 3. The Morgan fingerprint density at radius 3 is 2.60 bits per heavy atom. The van der Waals surface area contributed by atoms with Crippen LogP contribution in [0.4, 0.5) is 4.39 Å². The molecule has 0 saturated carbocycles. The lowest BCUT2D eigenvalue weighted by atomic mass is 10.1. The molecular formula is C15H15FN2O2. The number of halogens is 1. The Hall–Kier alpha value is -2.40. The fourth-order valence-electron chi connectivity index (χ4n) is 1.86. The molecule has 0 heterocycles. The van der Waals surface area contributed by atoms with Gasteiger partial charge in [0.1, 0.15) is 17.3 Å². The van der Waals surface area contributed by atoms with Gasteiger partial charge in [-0.25, -0.2) is 4.39 Å². The van der Waals surface area contributed by atoms with Gasteiger partial charge >= 0.3 is 0 Å². The first kappa shape index (κ1) is 14.0. The Balaban J connectivity index is 2.40. The number of carbonyl (C=O) groups excluding carboxylic acids is 1. The van der Waals surface area contributed by atoms with Crippen LogP contribution in [0.3, 0.4) is 0 Å². The third kappa shape index (κ3) is 2.95. The molecule has 0 unspecified atom stereocenters. The number of amides is 1. The predicted octanol–water partition coefficient (Wildman–Crippen LogP) is 2.44. The van der Waals surface area contributed by atoms with E-state index in [4.69, 9.17) is 10.5 Å². The van der Waals surface area contributed by atoms with Gasteiger partial charge in [-0.2, -0.15) is 0 Å². The Labute approximate surface area is 116 Å². The Bertz CT molecular complexity index is 629. The van der Waals surface area contributed by atoms with E-state index in [9.17, 15) is 9.18 Å². The zero-order valence-electron chi connectivity index (χ0n) is 11.0. The molecule has 2 rings (SSSR count). The zero-order chi connectivity index (χ0) is 14.5. The molecule has 5 heteroatoms. The minimum atomic E-state index is -0.591. The van der Waals surface area contributed by atoms with Gasteiger partial charge in [0.25, 0.3) is 5.91 Å². The second-order valence-corrected chi connectivity index (χ2v) is 4.21. The van der Waals surface area contributed by atoms with Crippen LogP contribution >= 0.6 is 0 Å². The second-order valence-electron chi connectivity index (χ2n) is 4.21. The van der Waals surface area contributed by atoms with Crippen molar-refractivity contribution >= 4 is 5.91 Å². The van der Waals surface area contributed by atoms with E-state index in [-0.39, 0.29) is 11.4 Å². The molecule has 0 fully saturated rings. The van der Waals surface area contributed by atoms with Crippen molar-refractivity contribution < 1.29 is 13.9 Å². The molecule has 0 aliphatic rings. The number of benzene rings is 2. The van der Waals surface area contributed by atoms with E-state index in [2.05, 4.69) is 5.32 Å². The molecule has 1 amide bonds. The Morgan fingerprint density at radius 1 is 1.20 bits per heavy atom. The molecule has 2 aromatic carbocycles. The number of para-hydroxylation sites is 1. The summed E-state index contributed by atoms with van der Waals surface area (Å²) in [5, 5.41) is 2.88. The van der Waals surface area contributed by atoms with E-state index in [1.165, 1.54) is 6.07 Å². The lowest BCUT2D eigenvalue weighted by molar-refractivity contribution is 0.0998. The molecule has 2 aromatic rings. The lowest BCUT2D eigenvalue weighted by Gasteiger charge is -2.13. The van der Waals surface area contributed by atoms with E-state index >= 15 is 0 Å². The van der Waals surface area contributed by atoms with Gasteiger partial charge in [0.05, 0.1) is 5.56 Å². The monoisotopic (exact) mass is 274 g/mol. The number of rotatable bonds is 5. The number of nitrogens with one attached hydrogen (secondary N) is 1. The van der Waals surface area contributed by atoms with Crippen molar-refractivity contribution in [2.75, 3.05) is 7.05 Å². The summed E-state index contributed by atoms with van der Waals surface area (Å²) < 4.78 is 19.4. The van der Waals surface area contributed by atoms with Crippen LogP contribution in [0.5, 0.6) is 11.5 Å². The van der Waals surface area contributed by atoms with Gasteiger partial charge in [-0.3, -0.25) is 4.79 Å². The van der Waals surface area contributed by atoms with E-state index in [1.807, 2.05) is 0 Å². The average Bonchev–Trinajstić information content (AvgIpc) is 2.43. The van der Waals surface area contributed by atoms with E-state index < -0.39 is 5.91 Å². The van der Waals surface area contributed by atoms with Crippen molar-refractivity contribution in [2.45, 2.75) is 6.54 Å². The topological polar surface area (TPSA) is 64.3 Å². The van der Waals surface area contributed by atoms with E-state index in [0.29, 0.717) is 23.6 Å². The molecule has 0 aliphatic heterocycles. The van der Waals surface area contributed by atoms with Crippen molar-refractivity contribution in [1.82, 2.24) is 5.32 Å². The summed E-state index contributed by atoms with van der Waals surface area (Å²) >= 11 is 0. The van der Waals surface area contributed by atoms with E-state index in [0.717, 1.165) is 0 Å². The van der Waals surface area contributed by atoms with Crippen molar-refractivity contribution in [2.24, 2.45) is 5.73 Å². The summed E-state index contributed by atoms with van der Waals surface area (Å²) in [6, 6.07) is 11.2. The van der Waals surface area contributed by atoms with Crippen molar-refractivity contribution in [3.63, 3.8) is 0 Å². The second kappa shape index (κ2) is 6.16. The Morgan fingerprint density at radius 2 is 1.90 bits per heavy atom. The van der Waals surface area contributed by atoms with Crippen LogP contribution in [0.25, 0.3) is 0 Å². The van der Waals surface area contributed by atoms with Crippen LogP contribution in [-0.2, 0) is 6.54 Å². The van der Waals surface area contributed by atoms with Gasteiger partial charge in [-0.1, -0.05) is 18.2 Å². The summed E-state index contributed by atoms with van der Waals surface area (Å²) in [7, 11) is 1.72. The van der Waals surface area contributed by atoms with Gasteiger partial charge in [0.2, 0.25) is 0 Å². The highest BCUT2D eigenvalue weighted by molar-refractivity contribution is 5.95. The highest BCUT2D eigenvalue weighted by Crippen LogP contribution is 2.29. The van der Waals surface area contributed by atoms with Gasteiger partial charge in [-0.05, 0) is 31.3 Å². The highest BCUT2D eigenvalue weighted by atomic mass is 19.1. The van der Waals surface area contributed by atoms with Gasteiger partial charge in [0.15, 0.2) is 0 Å². The fourth-order valence-corrected chi connectivity index (χ4v) is 1.86. The molecule has 0 spiro atoms. The van der Waals surface area contributed by atoms with Crippen LogP contribution in [0, 0.1) is 5.82 Å². The molecule has 20 heavy (non-hydrogen) atoms. The van der Waals surface area contributed by atoms with Crippen LogP contribution in [0.15, 0.2) is 42.5 Å². The number of ether oxygens (including phenoxy) is 1. The first-order chi connectivity index (χ1) is 9.63. The SMILES string of the molecule is CNCc1c(F)cccc1Oc1ccccc1C(N)=O. The number of nitrogens with two attached hydrogens (primary N) is 1. The minimum absolute atomic E-state index is 0.257. The molecule has 4 nitrogen and oxygen atoms in total. The minimum Gasteiger partial charge on any atom is -0.456 e. The average molecular weight is 274 g/mol. The van der Waals surface area contributed by atoms with Gasteiger partial charge in [0, 0.05) is 12.1 Å². The van der Waals surface area contributed by atoms with Gasteiger partial charge in [-0.15, -0.1) is 0 Å². The quantitative estimate of drug-likeness (QED) is 0.880. The zero-order valence-corrected chi connectivity index (χ0v) is 11.0. The van der Waals surface area contributed by atoms with Crippen LogP contribution < -0.4 is 15.8 Å². The summed E-state index contributed by atoms with van der Waals surface area (Å²) in [5.41, 5.74) is 5.94. The first-order valence-electron chi connectivity index (χ1n) is 6.12. The third-order valence-corrected chi connectivity index (χ3v) is 2.80. The normalized spacial score (nSPS) is 10.3. The summed E-state index contributed by atoms with van der Waals surface area (Å²) in [6.07, 6.45) is 0. The maximum Gasteiger partial charge on any atom is 0.252 e. The lowest BCUT2D eigenvalue weighted by Crippen LogP contribution is -2.13. The maximum absolute atomic E-state index is 13.8. The smallest absolute Gasteiger partial charge is 0.252 e. The summed E-state index contributed by atoms with van der Waals surface area (Å²) in [6.45, 7) is 0.320. The molecule has 0 radical (unpaired) electrons. The van der Waals surface area contributed by atoms with E-state index in [1.54, 1.807) is 43.4 Å². The maximum atomic E-state index is 13.8. The molecule has 3 N–H and O–H groups in total. The van der Waals surface area contributed by atoms with Gasteiger partial charge < -0.3 is 15.8 Å². The number of primary amides is 1. The van der Waals surface area contributed by atoms with Crippen LogP contribution in [-0.4, -0.2) is 13.0 Å². The molecule has 104 valence electrons. The summed E-state index contributed by atoms with van der Waals surface area (Å²) in [5.74, 6) is -0.295. The summed E-state index contributed by atoms with van der Waals surface area (Å²) in [4.78, 5) is 11.3. The molecule has 0 bridgehead atoms. The number of carbonyl (C=O) groups is 1. The first-order valence-corrected chi connectivity index (χ1v) is 6.12. The van der Waals surface area contributed by atoms with Crippen molar-refractivity contribution in [3.05, 3.63) is 59.4 Å². The van der Waals surface area contributed by atoms with Crippen molar-refractivity contribution in [3.8, 4) is 11.5 Å².